The molecular formula is C54H36N2O2Si. The minimum Gasteiger partial charge on any atom is -0.436 e. The lowest BCUT2D eigenvalue weighted by Gasteiger charge is -2.36. The first-order valence-electron chi connectivity index (χ1n) is 19.9. The highest BCUT2D eigenvalue weighted by atomic mass is 28.3. The number of para-hydroxylation sites is 4. The number of benzene rings is 8. The molecule has 0 unspecified atom stereocenters. The smallest absolute Gasteiger partial charge is 0.227 e. The van der Waals surface area contributed by atoms with Gasteiger partial charge in [0, 0.05) is 11.1 Å². The van der Waals surface area contributed by atoms with E-state index < -0.39 is 8.07 Å². The van der Waals surface area contributed by atoms with E-state index in [0.29, 0.717) is 11.8 Å². The van der Waals surface area contributed by atoms with Crippen LogP contribution < -0.4 is 10.4 Å². The molecule has 0 fully saturated rings. The Morgan fingerprint density at radius 3 is 1.05 bits per heavy atom. The lowest BCUT2D eigenvalue weighted by Crippen LogP contribution is -2.59. The fourth-order valence-corrected chi connectivity index (χ4v) is 14.6. The maximum Gasteiger partial charge on any atom is 0.227 e. The molecule has 0 N–H and O–H groups in total. The van der Waals surface area contributed by atoms with Crippen LogP contribution in [0.5, 0.6) is 0 Å². The highest BCUT2D eigenvalue weighted by molar-refractivity contribution is 7.29. The SMILES string of the molecule is c1ccc(C2=C(c3cccc(-c4nc5ccccc5o4)c3)[Si](c3ccccc3)(c3ccccc3)C(c3cccc(-c4nc5ccccc5o4)c3)=C2c2ccccc2)cc1. The molecular weight excluding hydrogens is 737 g/mol. The number of nitrogens with zero attached hydrogens (tertiary/aromatic N) is 2. The third-order valence-corrected chi connectivity index (χ3v) is 16.4. The summed E-state index contributed by atoms with van der Waals surface area (Å²) in [5.41, 5.74) is 12.1. The van der Waals surface area contributed by atoms with Crippen LogP contribution in [0.4, 0.5) is 0 Å². The van der Waals surface area contributed by atoms with Crippen molar-refractivity contribution in [1.29, 1.82) is 0 Å². The van der Waals surface area contributed by atoms with Gasteiger partial charge in [-0.05, 0) is 103 Å². The van der Waals surface area contributed by atoms with Crippen LogP contribution in [0.3, 0.4) is 0 Å². The second-order valence-electron chi connectivity index (χ2n) is 14.8. The van der Waals surface area contributed by atoms with Gasteiger partial charge in [-0.15, -0.1) is 0 Å². The van der Waals surface area contributed by atoms with Gasteiger partial charge in [-0.25, -0.2) is 9.97 Å². The molecule has 0 bridgehead atoms. The van der Waals surface area contributed by atoms with Crippen molar-refractivity contribution in [3.8, 4) is 22.9 Å². The van der Waals surface area contributed by atoms with E-state index in [-0.39, 0.29) is 0 Å². The normalized spacial score (nSPS) is 13.8. The number of aromatic nitrogens is 2. The topological polar surface area (TPSA) is 52.1 Å². The Morgan fingerprint density at radius 2 is 0.644 bits per heavy atom. The summed E-state index contributed by atoms with van der Waals surface area (Å²) in [6.45, 7) is 0. The minimum absolute atomic E-state index is 0.599. The monoisotopic (exact) mass is 772 g/mol. The van der Waals surface area contributed by atoms with E-state index in [1.807, 2.05) is 48.5 Å². The van der Waals surface area contributed by atoms with Crippen LogP contribution in [0.15, 0.2) is 227 Å². The molecule has 3 heterocycles. The zero-order valence-corrected chi connectivity index (χ0v) is 33.0. The zero-order valence-electron chi connectivity index (χ0n) is 32.0. The molecule has 5 heteroatoms. The molecule has 1 aliphatic rings. The molecule has 0 saturated carbocycles. The van der Waals surface area contributed by atoms with Gasteiger partial charge in [0.05, 0.1) is 0 Å². The van der Waals surface area contributed by atoms with Crippen molar-refractivity contribution >= 4 is 62.2 Å². The number of hydrogen-bond acceptors (Lipinski definition) is 4. The van der Waals surface area contributed by atoms with Crippen molar-refractivity contribution in [1.82, 2.24) is 9.97 Å². The van der Waals surface area contributed by atoms with E-state index in [1.165, 1.54) is 31.9 Å². The van der Waals surface area contributed by atoms with Gasteiger partial charge in [0.1, 0.15) is 11.0 Å². The van der Waals surface area contributed by atoms with E-state index in [2.05, 4.69) is 170 Å². The Hall–Kier alpha value is -7.60. The quantitative estimate of drug-likeness (QED) is 0.144. The Labute approximate surface area is 343 Å². The van der Waals surface area contributed by atoms with Gasteiger partial charge in [0.25, 0.3) is 0 Å². The molecule has 0 spiro atoms. The lowest BCUT2D eigenvalue weighted by molar-refractivity contribution is 0.619. The molecule has 59 heavy (non-hydrogen) atoms. The standard InChI is InChI=1S/C54H36N2O2Si/c1-5-19-37(20-6-1)49-50(38-21-7-2-8-22-38)52(40-24-18-26-42(36-40)54-56-46-32-14-16-34-48(46)58-54)59(43-27-9-3-10-28-43,44-29-11-4-12-30-44)51(49)39-23-17-25-41(35-39)53-55-45-31-13-15-33-47(45)57-53/h1-36H. The summed E-state index contributed by atoms with van der Waals surface area (Å²) in [5, 5.41) is 5.19. The molecule has 278 valence electrons. The molecule has 11 rings (SSSR count). The van der Waals surface area contributed by atoms with Crippen LogP contribution >= 0.6 is 0 Å². The van der Waals surface area contributed by atoms with E-state index in [0.717, 1.165) is 55.6 Å². The molecule has 0 atom stereocenters. The van der Waals surface area contributed by atoms with Crippen LogP contribution in [0.1, 0.15) is 22.3 Å². The predicted octanol–water partition coefficient (Wildman–Crippen LogP) is 12.2. The Balaban J connectivity index is 1.29. The second kappa shape index (κ2) is 14.4. The van der Waals surface area contributed by atoms with Gasteiger partial charge in [-0.3, -0.25) is 0 Å². The van der Waals surface area contributed by atoms with Crippen molar-refractivity contribution in [2.24, 2.45) is 0 Å². The van der Waals surface area contributed by atoms with Gasteiger partial charge < -0.3 is 8.83 Å². The Morgan fingerprint density at radius 1 is 0.305 bits per heavy atom. The van der Waals surface area contributed by atoms with Crippen LogP contribution in [-0.2, 0) is 0 Å². The largest absolute Gasteiger partial charge is 0.436 e. The number of fused-ring (bicyclic) bond motifs is 2. The highest BCUT2D eigenvalue weighted by Gasteiger charge is 2.53. The molecule has 0 saturated heterocycles. The van der Waals surface area contributed by atoms with Gasteiger partial charge in [0.15, 0.2) is 19.2 Å². The fourth-order valence-electron chi connectivity index (χ4n) is 8.99. The molecule has 8 aromatic carbocycles. The maximum absolute atomic E-state index is 6.42. The summed E-state index contributed by atoms with van der Waals surface area (Å²) in [6.07, 6.45) is 0. The van der Waals surface area contributed by atoms with Gasteiger partial charge in [-0.2, -0.15) is 0 Å². The van der Waals surface area contributed by atoms with E-state index in [9.17, 15) is 0 Å². The summed E-state index contributed by atoms with van der Waals surface area (Å²) in [6, 6.07) is 77.8. The summed E-state index contributed by atoms with van der Waals surface area (Å²) in [4.78, 5) is 9.93. The van der Waals surface area contributed by atoms with E-state index in [1.54, 1.807) is 0 Å². The number of allylic oxidation sites excluding steroid dienone is 2. The summed E-state index contributed by atoms with van der Waals surface area (Å²) >= 11 is 0. The van der Waals surface area contributed by atoms with Gasteiger partial charge in [0.2, 0.25) is 11.8 Å². The Kier molecular flexibility index (Phi) is 8.45. The zero-order chi connectivity index (χ0) is 39.2. The molecule has 0 radical (unpaired) electrons. The lowest BCUT2D eigenvalue weighted by atomic mass is 9.89. The molecule has 0 aliphatic carbocycles. The number of hydrogen-bond donors (Lipinski definition) is 0. The van der Waals surface area contributed by atoms with Crippen molar-refractivity contribution in [3.63, 3.8) is 0 Å². The molecule has 10 aromatic rings. The van der Waals surface area contributed by atoms with Crippen molar-refractivity contribution in [2.75, 3.05) is 0 Å². The van der Waals surface area contributed by atoms with Crippen molar-refractivity contribution in [2.45, 2.75) is 0 Å². The highest BCUT2D eigenvalue weighted by Crippen LogP contribution is 2.56. The van der Waals surface area contributed by atoms with Crippen LogP contribution in [0.25, 0.3) is 66.6 Å². The Bertz CT molecular complexity index is 2920. The predicted molar refractivity (Wildman–Crippen MR) is 243 cm³/mol. The maximum atomic E-state index is 6.42. The summed E-state index contributed by atoms with van der Waals surface area (Å²) < 4.78 is 12.8. The first kappa shape index (κ1) is 34.6. The minimum atomic E-state index is -3.27. The van der Waals surface area contributed by atoms with E-state index >= 15 is 0 Å². The third kappa shape index (κ3) is 5.82. The first-order valence-corrected chi connectivity index (χ1v) is 21.9. The average molecular weight is 773 g/mol. The number of oxazole rings is 2. The molecule has 4 nitrogen and oxygen atoms in total. The van der Waals surface area contributed by atoms with Crippen LogP contribution in [0.2, 0.25) is 0 Å². The summed E-state index contributed by atoms with van der Waals surface area (Å²) in [5.74, 6) is 1.20. The molecule has 1 aliphatic heterocycles. The van der Waals surface area contributed by atoms with Crippen molar-refractivity contribution in [3.05, 3.63) is 241 Å². The van der Waals surface area contributed by atoms with Crippen LogP contribution in [-0.4, -0.2) is 18.0 Å². The van der Waals surface area contributed by atoms with Crippen molar-refractivity contribution < 1.29 is 8.83 Å². The number of rotatable bonds is 8. The molecule has 0 amide bonds. The molecule has 2 aromatic heterocycles. The van der Waals surface area contributed by atoms with Gasteiger partial charge in [-0.1, -0.05) is 170 Å². The van der Waals surface area contributed by atoms with Gasteiger partial charge >= 0.3 is 0 Å². The average Bonchev–Trinajstić information content (AvgIpc) is 4.04. The summed E-state index contributed by atoms with van der Waals surface area (Å²) in [7, 11) is -3.27. The van der Waals surface area contributed by atoms with E-state index in [4.69, 9.17) is 18.8 Å². The third-order valence-electron chi connectivity index (χ3n) is 11.4. The first-order chi connectivity index (χ1) is 29.3. The van der Waals surface area contributed by atoms with Crippen LogP contribution in [0, 0.1) is 0 Å². The second-order valence-corrected chi connectivity index (χ2v) is 18.5. The fraction of sp³-hybridized carbons (Fsp3) is 0.